The maximum atomic E-state index is 4.65. The van der Waals surface area contributed by atoms with Crippen LogP contribution in [0.4, 0.5) is 17.1 Å². The Morgan fingerprint density at radius 3 is 2.24 bits per heavy atom. The fourth-order valence-corrected chi connectivity index (χ4v) is 4.79. The van der Waals surface area contributed by atoms with Crippen molar-refractivity contribution in [1.82, 2.24) is 9.97 Å². The molecule has 5 aromatic rings. The Hall–Kier alpha value is -4.24. The molecule has 0 aliphatic carbocycles. The molecule has 3 heteroatoms. The number of nitrogens with zero attached hydrogens (tertiary/aromatic N) is 3. The molecule has 34 heavy (non-hydrogen) atoms. The smallest absolute Gasteiger partial charge is 0.0705 e. The summed E-state index contributed by atoms with van der Waals surface area (Å²) in [6.45, 7) is 2.11. The Labute approximate surface area is 200 Å². The molecule has 2 aromatic heterocycles. The highest BCUT2D eigenvalue weighted by Crippen LogP contribution is 2.43. The summed E-state index contributed by atoms with van der Waals surface area (Å²) in [5, 5.41) is 0. The monoisotopic (exact) mass is 439 g/mol. The number of aryl methyl sites for hydroxylation is 3. The minimum Gasteiger partial charge on any atom is -0.310 e. The van der Waals surface area contributed by atoms with E-state index in [9.17, 15) is 0 Å². The van der Waals surface area contributed by atoms with Crippen LogP contribution in [-0.2, 0) is 12.8 Å². The lowest BCUT2D eigenvalue weighted by atomic mass is 10.0. The Morgan fingerprint density at radius 2 is 1.38 bits per heavy atom. The van der Waals surface area contributed by atoms with Crippen molar-refractivity contribution in [3.63, 3.8) is 0 Å². The van der Waals surface area contributed by atoms with Gasteiger partial charge in [0.15, 0.2) is 0 Å². The molecule has 3 aromatic carbocycles. The maximum absolute atomic E-state index is 4.65. The molecular weight excluding hydrogens is 414 g/mol. The second-order valence-electron chi connectivity index (χ2n) is 8.79. The zero-order chi connectivity index (χ0) is 22.9. The van der Waals surface area contributed by atoms with Gasteiger partial charge in [-0.05, 0) is 85.0 Å². The van der Waals surface area contributed by atoms with Crippen LogP contribution in [-0.4, -0.2) is 9.97 Å². The fraction of sp³-hybridized carbons (Fsp3) is 0.0968. The van der Waals surface area contributed by atoms with Gasteiger partial charge in [-0.1, -0.05) is 48.5 Å². The van der Waals surface area contributed by atoms with Crippen molar-refractivity contribution in [3.8, 4) is 22.5 Å². The summed E-state index contributed by atoms with van der Waals surface area (Å²) in [5.74, 6) is 0. The van der Waals surface area contributed by atoms with E-state index in [2.05, 4.69) is 101 Å². The average Bonchev–Trinajstić information content (AvgIpc) is 3.06. The zero-order valence-corrected chi connectivity index (χ0v) is 19.1. The van der Waals surface area contributed by atoms with E-state index >= 15 is 0 Å². The van der Waals surface area contributed by atoms with Crippen molar-refractivity contribution < 1.29 is 0 Å². The van der Waals surface area contributed by atoms with E-state index in [1.165, 1.54) is 28.1 Å². The molecule has 1 aliphatic heterocycles. The van der Waals surface area contributed by atoms with Crippen molar-refractivity contribution in [2.24, 2.45) is 0 Å². The molecule has 3 nitrogen and oxygen atoms in total. The molecule has 0 bridgehead atoms. The summed E-state index contributed by atoms with van der Waals surface area (Å²) >= 11 is 0. The lowest BCUT2D eigenvalue weighted by molar-refractivity contribution is 0.977. The number of para-hydroxylation sites is 1. The molecule has 0 amide bonds. The van der Waals surface area contributed by atoms with Gasteiger partial charge < -0.3 is 4.90 Å². The van der Waals surface area contributed by atoms with Gasteiger partial charge in [-0.2, -0.15) is 0 Å². The second kappa shape index (κ2) is 8.60. The van der Waals surface area contributed by atoms with Crippen LogP contribution >= 0.6 is 0 Å². The predicted octanol–water partition coefficient (Wildman–Crippen LogP) is 7.69. The van der Waals surface area contributed by atoms with Crippen LogP contribution in [0.15, 0.2) is 109 Å². The van der Waals surface area contributed by atoms with Gasteiger partial charge in [0.2, 0.25) is 0 Å². The van der Waals surface area contributed by atoms with Crippen molar-refractivity contribution in [2.75, 3.05) is 4.90 Å². The number of aromatic nitrogens is 2. The van der Waals surface area contributed by atoms with Crippen LogP contribution < -0.4 is 4.90 Å². The molecule has 0 N–H and O–H groups in total. The normalized spacial score (nSPS) is 12.6. The number of fused-ring (bicyclic) bond motifs is 2. The zero-order valence-electron chi connectivity index (χ0n) is 19.1. The first-order valence-corrected chi connectivity index (χ1v) is 11.7. The van der Waals surface area contributed by atoms with Crippen molar-refractivity contribution in [1.29, 1.82) is 0 Å². The third-order valence-corrected chi connectivity index (χ3v) is 6.50. The molecule has 0 atom stereocenters. The van der Waals surface area contributed by atoms with E-state index in [0.29, 0.717) is 0 Å². The van der Waals surface area contributed by atoms with Crippen molar-refractivity contribution in [2.45, 2.75) is 19.8 Å². The Bertz CT molecular complexity index is 1470. The quantitative estimate of drug-likeness (QED) is 0.289. The molecule has 1 aliphatic rings. The number of benzene rings is 3. The van der Waals surface area contributed by atoms with Gasteiger partial charge in [-0.25, -0.2) is 0 Å². The minimum atomic E-state index is 0.977. The van der Waals surface area contributed by atoms with Gasteiger partial charge >= 0.3 is 0 Å². The molecule has 3 heterocycles. The summed E-state index contributed by atoms with van der Waals surface area (Å²) < 4.78 is 0. The lowest BCUT2D eigenvalue weighted by Gasteiger charge is -2.28. The van der Waals surface area contributed by atoms with Gasteiger partial charge in [-0.15, -0.1) is 0 Å². The number of anilines is 3. The van der Waals surface area contributed by atoms with Crippen molar-refractivity contribution >= 4 is 17.1 Å². The third-order valence-electron chi connectivity index (χ3n) is 6.50. The Morgan fingerprint density at radius 1 is 0.588 bits per heavy atom. The van der Waals surface area contributed by atoms with Gasteiger partial charge in [-0.3, -0.25) is 9.97 Å². The minimum absolute atomic E-state index is 0.977. The molecule has 0 unspecified atom stereocenters. The maximum Gasteiger partial charge on any atom is 0.0705 e. The fourth-order valence-electron chi connectivity index (χ4n) is 4.79. The third kappa shape index (κ3) is 3.75. The molecule has 0 spiro atoms. The molecule has 0 radical (unpaired) electrons. The first-order chi connectivity index (χ1) is 16.8. The van der Waals surface area contributed by atoms with E-state index in [4.69, 9.17) is 0 Å². The van der Waals surface area contributed by atoms with Crippen LogP contribution in [0.5, 0.6) is 0 Å². The molecule has 6 rings (SSSR count). The summed E-state index contributed by atoms with van der Waals surface area (Å²) in [7, 11) is 0. The highest BCUT2D eigenvalue weighted by Gasteiger charge is 2.23. The summed E-state index contributed by atoms with van der Waals surface area (Å²) in [4.78, 5) is 11.6. The number of rotatable bonds is 3. The SMILES string of the molecule is Cc1ccnc(-c2ccc3c(c2)N(c2cccc(-c4ccccn4)c2)c2ccccc2CC3)c1. The predicted molar refractivity (Wildman–Crippen MR) is 140 cm³/mol. The van der Waals surface area contributed by atoms with Crippen molar-refractivity contribution in [3.05, 3.63) is 126 Å². The van der Waals surface area contributed by atoms with Gasteiger partial charge in [0.05, 0.1) is 17.1 Å². The van der Waals surface area contributed by atoms with Crippen LogP contribution in [0.3, 0.4) is 0 Å². The Kier molecular flexibility index (Phi) is 5.15. The van der Waals surface area contributed by atoms with Crippen LogP contribution in [0.25, 0.3) is 22.5 Å². The van der Waals surface area contributed by atoms with Crippen LogP contribution in [0.1, 0.15) is 16.7 Å². The first kappa shape index (κ1) is 20.4. The summed E-state index contributed by atoms with van der Waals surface area (Å²) in [6, 6.07) is 34.5. The van der Waals surface area contributed by atoms with E-state index in [1.54, 1.807) is 0 Å². The molecule has 164 valence electrons. The number of pyridine rings is 2. The van der Waals surface area contributed by atoms with Gasteiger partial charge in [0.1, 0.15) is 0 Å². The highest BCUT2D eigenvalue weighted by atomic mass is 15.1. The average molecular weight is 440 g/mol. The van der Waals surface area contributed by atoms with E-state index in [1.807, 2.05) is 30.6 Å². The number of hydrogen-bond acceptors (Lipinski definition) is 3. The topological polar surface area (TPSA) is 29.0 Å². The lowest BCUT2D eigenvalue weighted by Crippen LogP contribution is -2.12. The largest absolute Gasteiger partial charge is 0.310 e. The molecular formula is C31H25N3. The molecule has 0 fully saturated rings. The molecule has 0 saturated carbocycles. The van der Waals surface area contributed by atoms with Gasteiger partial charge in [0.25, 0.3) is 0 Å². The summed E-state index contributed by atoms with van der Waals surface area (Å²) in [6.07, 6.45) is 5.76. The van der Waals surface area contributed by atoms with E-state index in [0.717, 1.165) is 41.0 Å². The summed E-state index contributed by atoms with van der Waals surface area (Å²) in [5.41, 5.74) is 11.7. The van der Waals surface area contributed by atoms with Crippen LogP contribution in [0, 0.1) is 6.92 Å². The number of hydrogen-bond donors (Lipinski definition) is 0. The first-order valence-electron chi connectivity index (χ1n) is 11.7. The van der Waals surface area contributed by atoms with E-state index in [-0.39, 0.29) is 0 Å². The van der Waals surface area contributed by atoms with E-state index < -0.39 is 0 Å². The standard InChI is InChI=1S/C31H25N3/c1-22-16-18-33-29(19-22)26-15-14-24-13-12-23-7-2-3-11-30(23)34(31(24)21-26)27-9-6-8-25(20-27)28-10-4-5-17-32-28/h2-11,14-21H,12-13H2,1H3. The molecule has 0 saturated heterocycles. The van der Waals surface area contributed by atoms with Gasteiger partial charge in [0, 0.05) is 34.9 Å². The van der Waals surface area contributed by atoms with Crippen LogP contribution in [0.2, 0.25) is 0 Å². The highest BCUT2D eigenvalue weighted by molar-refractivity contribution is 5.85. The second-order valence-corrected chi connectivity index (χ2v) is 8.79. The Balaban J connectivity index is 1.55.